The Morgan fingerprint density at radius 1 is 1.19 bits per heavy atom. The maximum absolute atomic E-state index is 14.3. The van der Waals surface area contributed by atoms with Crippen LogP contribution in [-0.4, -0.2) is 40.1 Å². The highest BCUT2D eigenvalue weighted by molar-refractivity contribution is 6.07. The lowest BCUT2D eigenvalue weighted by atomic mass is 10.0. The lowest BCUT2D eigenvalue weighted by Crippen LogP contribution is -2.37. The lowest BCUT2D eigenvalue weighted by molar-refractivity contribution is 0.0679. The van der Waals surface area contributed by atoms with Crippen LogP contribution >= 0.6 is 0 Å². The molecule has 2 heterocycles. The van der Waals surface area contributed by atoms with Gasteiger partial charge in [0.1, 0.15) is 11.6 Å². The van der Waals surface area contributed by atoms with Crippen LogP contribution in [0.25, 0.3) is 22.2 Å². The minimum absolute atomic E-state index is 0.122. The van der Waals surface area contributed by atoms with Gasteiger partial charge in [-0.3, -0.25) is 4.79 Å². The average Bonchev–Trinajstić information content (AvgIpc) is 3.16. The summed E-state index contributed by atoms with van der Waals surface area (Å²) in [5.41, 5.74) is 1.27. The van der Waals surface area contributed by atoms with Crippen LogP contribution < -0.4 is 0 Å². The molecule has 1 amide bonds. The van der Waals surface area contributed by atoms with Crippen molar-refractivity contribution >= 4 is 16.8 Å². The summed E-state index contributed by atoms with van der Waals surface area (Å²) in [5.74, 6) is -1.22. The second kappa shape index (κ2) is 7.04. The van der Waals surface area contributed by atoms with Crippen LogP contribution in [0.2, 0.25) is 0 Å². The van der Waals surface area contributed by atoms with E-state index >= 15 is 0 Å². The summed E-state index contributed by atoms with van der Waals surface area (Å²) in [4.78, 5) is 19.2. The first-order valence-electron chi connectivity index (χ1n) is 8.85. The van der Waals surface area contributed by atoms with E-state index in [9.17, 15) is 18.7 Å². The fraction of sp³-hybridized carbons (Fsp3) is 0.238. The van der Waals surface area contributed by atoms with E-state index in [-0.39, 0.29) is 29.7 Å². The summed E-state index contributed by atoms with van der Waals surface area (Å²) < 4.78 is 28.1. The molecule has 0 unspecified atom stereocenters. The molecular weight excluding hydrogens is 350 g/mol. The van der Waals surface area contributed by atoms with E-state index in [1.54, 1.807) is 23.1 Å². The Labute approximate surface area is 155 Å². The van der Waals surface area contributed by atoms with Crippen molar-refractivity contribution < 1.29 is 18.7 Å². The van der Waals surface area contributed by atoms with E-state index < -0.39 is 11.6 Å². The molecule has 4 nitrogen and oxygen atoms in total. The van der Waals surface area contributed by atoms with Crippen LogP contribution in [0.3, 0.4) is 0 Å². The minimum Gasteiger partial charge on any atom is -0.394 e. The molecule has 3 aromatic rings. The molecule has 1 N–H and O–H groups in total. The summed E-state index contributed by atoms with van der Waals surface area (Å²) in [5, 5.41) is 9.92. The maximum atomic E-state index is 14.3. The second-order valence-electron chi connectivity index (χ2n) is 6.67. The van der Waals surface area contributed by atoms with E-state index in [0.29, 0.717) is 23.1 Å². The first-order valence-corrected chi connectivity index (χ1v) is 8.85. The van der Waals surface area contributed by atoms with Crippen molar-refractivity contribution in [2.45, 2.75) is 18.9 Å². The number of hydrogen-bond donors (Lipinski definition) is 1. The van der Waals surface area contributed by atoms with Gasteiger partial charge in [0.05, 0.1) is 29.4 Å². The largest absolute Gasteiger partial charge is 0.394 e. The van der Waals surface area contributed by atoms with Crippen molar-refractivity contribution in [1.29, 1.82) is 0 Å². The third-order valence-electron chi connectivity index (χ3n) is 5.00. The number of hydrogen-bond acceptors (Lipinski definition) is 3. The van der Waals surface area contributed by atoms with Gasteiger partial charge in [-0.05, 0) is 49.2 Å². The summed E-state index contributed by atoms with van der Waals surface area (Å²) in [6.07, 6.45) is 1.52. The number of carbonyl (C=O) groups is 1. The Morgan fingerprint density at radius 3 is 2.78 bits per heavy atom. The first-order chi connectivity index (χ1) is 13.1. The van der Waals surface area contributed by atoms with E-state index in [4.69, 9.17) is 0 Å². The van der Waals surface area contributed by atoms with Gasteiger partial charge < -0.3 is 10.0 Å². The number of halogens is 2. The molecule has 0 radical (unpaired) electrons. The molecule has 27 heavy (non-hydrogen) atoms. The Hall–Kier alpha value is -2.86. The first kappa shape index (κ1) is 17.5. The van der Waals surface area contributed by atoms with Crippen LogP contribution in [0.1, 0.15) is 23.2 Å². The predicted molar refractivity (Wildman–Crippen MR) is 98.2 cm³/mol. The fourth-order valence-corrected chi connectivity index (χ4v) is 3.63. The van der Waals surface area contributed by atoms with Crippen LogP contribution in [-0.2, 0) is 0 Å². The van der Waals surface area contributed by atoms with Crippen LogP contribution in [0.15, 0.2) is 48.5 Å². The smallest absolute Gasteiger partial charge is 0.254 e. The Kier molecular flexibility index (Phi) is 4.58. The average molecular weight is 368 g/mol. The van der Waals surface area contributed by atoms with Crippen molar-refractivity contribution in [3.05, 3.63) is 65.7 Å². The van der Waals surface area contributed by atoms with Gasteiger partial charge in [-0.2, -0.15) is 0 Å². The third-order valence-corrected chi connectivity index (χ3v) is 5.00. The number of likely N-dealkylation sites (tertiary alicyclic amines) is 1. The molecule has 138 valence electrons. The van der Waals surface area contributed by atoms with E-state index in [0.717, 1.165) is 12.8 Å². The quantitative estimate of drug-likeness (QED) is 0.766. The van der Waals surface area contributed by atoms with Crippen molar-refractivity contribution in [2.75, 3.05) is 13.2 Å². The number of aromatic nitrogens is 1. The molecule has 0 bridgehead atoms. The zero-order chi connectivity index (χ0) is 19.0. The van der Waals surface area contributed by atoms with Crippen LogP contribution in [0, 0.1) is 11.6 Å². The molecule has 1 aromatic heterocycles. The summed E-state index contributed by atoms with van der Waals surface area (Å²) in [6, 6.07) is 11.5. The van der Waals surface area contributed by atoms with Gasteiger partial charge in [-0.1, -0.05) is 12.1 Å². The van der Waals surface area contributed by atoms with Crippen LogP contribution in [0.4, 0.5) is 8.78 Å². The topological polar surface area (TPSA) is 53.4 Å². The highest BCUT2D eigenvalue weighted by Gasteiger charge is 2.30. The molecule has 1 aliphatic rings. The lowest BCUT2D eigenvalue weighted by Gasteiger charge is -2.24. The Balaban J connectivity index is 1.91. The van der Waals surface area contributed by atoms with Crippen LogP contribution in [0.5, 0.6) is 0 Å². The molecule has 0 spiro atoms. The third kappa shape index (κ3) is 3.17. The van der Waals surface area contributed by atoms with Crippen molar-refractivity contribution in [3.8, 4) is 11.3 Å². The number of aliphatic hydroxyl groups is 1. The molecule has 2 aromatic carbocycles. The zero-order valence-electron chi connectivity index (χ0n) is 14.5. The van der Waals surface area contributed by atoms with Crippen molar-refractivity contribution in [2.24, 2.45) is 0 Å². The molecule has 0 aliphatic carbocycles. The van der Waals surface area contributed by atoms with Crippen molar-refractivity contribution in [3.63, 3.8) is 0 Å². The van der Waals surface area contributed by atoms with E-state index in [2.05, 4.69) is 4.98 Å². The monoisotopic (exact) mass is 368 g/mol. The molecule has 0 saturated carbocycles. The number of amides is 1. The minimum atomic E-state index is -0.475. The molecule has 1 atom stereocenters. The van der Waals surface area contributed by atoms with Gasteiger partial charge >= 0.3 is 0 Å². The number of aliphatic hydroxyl groups excluding tert-OH is 1. The second-order valence-corrected chi connectivity index (χ2v) is 6.67. The highest BCUT2D eigenvalue weighted by Crippen LogP contribution is 2.29. The van der Waals surface area contributed by atoms with Gasteiger partial charge in [-0.15, -0.1) is 0 Å². The Morgan fingerprint density at radius 2 is 2.00 bits per heavy atom. The number of carbonyl (C=O) groups excluding carboxylic acids is 1. The zero-order valence-corrected chi connectivity index (χ0v) is 14.5. The van der Waals surface area contributed by atoms with Gasteiger partial charge in [0.15, 0.2) is 0 Å². The molecule has 1 saturated heterocycles. The molecular formula is C21H18F2N2O2. The SMILES string of the molecule is O=C(c1cc(-c2ccccc2F)nc2ccc(F)cc12)N1CCC[C@H]1CO. The van der Waals surface area contributed by atoms with E-state index in [1.807, 2.05) is 0 Å². The molecule has 6 heteroatoms. The van der Waals surface area contributed by atoms with Gasteiger partial charge in [-0.25, -0.2) is 13.8 Å². The van der Waals surface area contributed by atoms with E-state index in [1.165, 1.54) is 30.3 Å². The number of benzene rings is 2. The molecule has 1 fully saturated rings. The molecule has 1 aliphatic heterocycles. The number of fused-ring (bicyclic) bond motifs is 1. The highest BCUT2D eigenvalue weighted by atomic mass is 19.1. The Bertz CT molecular complexity index is 1020. The fourth-order valence-electron chi connectivity index (χ4n) is 3.63. The van der Waals surface area contributed by atoms with Gasteiger partial charge in [0.25, 0.3) is 5.91 Å². The summed E-state index contributed by atoms with van der Waals surface area (Å²) >= 11 is 0. The number of rotatable bonds is 3. The van der Waals surface area contributed by atoms with Gasteiger partial charge in [0, 0.05) is 17.5 Å². The molecule has 4 rings (SSSR count). The van der Waals surface area contributed by atoms with Crippen molar-refractivity contribution in [1.82, 2.24) is 9.88 Å². The summed E-state index contributed by atoms with van der Waals surface area (Å²) in [7, 11) is 0. The predicted octanol–water partition coefficient (Wildman–Crippen LogP) is 3.78. The normalized spacial score (nSPS) is 16.9. The maximum Gasteiger partial charge on any atom is 0.254 e. The number of nitrogens with zero attached hydrogens (tertiary/aromatic N) is 2. The van der Waals surface area contributed by atoms with Gasteiger partial charge in [0.2, 0.25) is 0 Å². The summed E-state index contributed by atoms with van der Waals surface area (Å²) in [6.45, 7) is 0.404. The standard InChI is InChI=1S/C21H18F2N2O2/c22-13-7-8-19-16(10-13)17(21(27)25-9-3-4-14(25)12-26)11-20(24-19)15-5-1-2-6-18(15)23/h1-2,5-8,10-11,14,26H,3-4,9,12H2/t14-/m0/s1. The number of pyridine rings is 1.